The molecule has 0 radical (unpaired) electrons. The van der Waals surface area contributed by atoms with Crippen molar-refractivity contribution >= 4 is 17.5 Å². The van der Waals surface area contributed by atoms with Crippen LogP contribution in [0.5, 0.6) is 0 Å². The standard InChI is InChI=1S/C19H25N7O/c1-23-5-7-25(8-6-23)18(27)16-13-17(15-20-14-16)24-9-11-26(12-10-24)19-21-3-2-4-22-19/h2-4,13-15H,5-12H2,1H3. The molecule has 2 aromatic rings. The van der Waals surface area contributed by atoms with E-state index in [-0.39, 0.29) is 5.91 Å². The fourth-order valence-corrected chi connectivity index (χ4v) is 3.53. The van der Waals surface area contributed by atoms with Gasteiger partial charge in [0.2, 0.25) is 5.95 Å². The van der Waals surface area contributed by atoms with Crippen molar-refractivity contribution in [3.05, 3.63) is 42.5 Å². The molecule has 2 aromatic heterocycles. The van der Waals surface area contributed by atoms with E-state index in [0.29, 0.717) is 5.56 Å². The Morgan fingerprint density at radius 2 is 1.56 bits per heavy atom. The molecule has 0 aliphatic carbocycles. The van der Waals surface area contributed by atoms with Gasteiger partial charge in [-0.15, -0.1) is 0 Å². The fourth-order valence-electron chi connectivity index (χ4n) is 3.53. The second-order valence-corrected chi connectivity index (χ2v) is 7.05. The number of piperazine rings is 2. The third-order valence-electron chi connectivity index (χ3n) is 5.24. The van der Waals surface area contributed by atoms with Gasteiger partial charge in [0.1, 0.15) is 0 Å². The summed E-state index contributed by atoms with van der Waals surface area (Å²) in [7, 11) is 2.09. The van der Waals surface area contributed by atoms with Gasteiger partial charge < -0.3 is 19.6 Å². The second-order valence-electron chi connectivity index (χ2n) is 7.05. The molecule has 27 heavy (non-hydrogen) atoms. The number of carbonyl (C=O) groups is 1. The van der Waals surface area contributed by atoms with Gasteiger partial charge in [0.15, 0.2) is 0 Å². The van der Waals surface area contributed by atoms with Gasteiger partial charge >= 0.3 is 0 Å². The lowest BCUT2D eigenvalue weighted by Crippen LogP contribution is -2.48. The maximum Gasteiger partial charge on any atom is 0.255 e. The SMILES string of the molecule is CN1CCN(C(=O)c2cncc(N3CCN(c4ncccn4)CC3)c2)CC1. The van der Waals surface area contributed by atoms with Crippen LogP contribution in [0, 0.1) is 0 Å². The minimum Gasteiger partial charge on any atom is -0.367 e. The average Bonchev–Trinajstić information content (AvgIpc) is 2.75. The molecule has 0 unspecified atom stereocenters. The highest BCUT2D eigenvalue weighted by atomic mass is 16.2. The summed E-state index contributed by atoms with van der Waals surface area (Å²) in [6.07, 6.45) is 7.06. The summed E-state index contributed by atoms with van der Waals surface area (Å²) in [6, 6.07) is 3.80. The van der Waals surface area contributed by atoms with Gasteiger partial charge in [-0.05, 0) is 19.2 Å². The number of anilines is 2. The van der Waals surface area contributed by atoms with E-state index in [4.69, 9.17) is 0 Å². The Hall–Kier alpha value is -2.74. The maximum atomic E-state index is 12.8. The first-order chi connectivity index (χ1) is 13.2. The highest BCUT2D eigenvalue weighted by Crippen LogP contribution is 2.19. The molecular weight excluding hydrogens is 342 g/mol. The number of pyridine rings is 1. The Morgan fingerprint density at radius 1 is 0.889 bits per heavy atom. The molecule has 8 heteroatoms. The molecule has 0 spiro atoms. The van der Waals surface area contributed by atoms with Crippen molar-refractivity contribution in [1.82, 2.24) is 24.8 Å². The molecule has 0 atom stereocenters. The number of nitrogens with zero attached hydrogens (tertiary/aromatic N) is 7. The molecule has 2 aliphatic heterocycles. The fraction of sp³-hybridized carbons (Fsp3) is 0.474. The van der Waals surface area contributed by atoms with Crippen LogP contribution in [-0.2, 0) is 0 Å². The summed E-state index contributed by atoms with van der Waals surface area (Å²) in [6.45, 7) is 6.79. The maximum absolute atomic E-state index is 12.8. The van der Waals surface area contributed by atoms with Crippen LogP contribution in [0.2, 0.25) is 0 Å². The summed E-state index contributed by atoms with van der Waals surface area (Å²) in [5, 5.41) is 0. The molecule has 0 N–H and O–H groups in total. The van der Waals surface area contributed by atoms with Gasteiger partial charge in [0.25, 0.3) is 5.91 Å². The summed E-state index contributed by atoms with van der Waals surface area (Å²) < 4.78 is 0. The van der Waals surface area contributed by atoms with E-state index in [1.54, 1.807) is 18.6 Å². The van der Waals surface area contributed by atoms with Crippen LogP contribution in [0.4, 0.5) is 11.6 Å². The number of hydrogen-bond acceptors (Lipinski definition) is 7. The third-order valence-corrected chi connectivity index (χ3v) is 5.24. The Morgan fingerprint density at radius 3 is 2.26 bits per heavy atom. The Bertz CT molecular complexity index is 769. The summed E-state index contributed by atoms with van der Waals surface area (Å²) in [4.78, 5) is 34.4. The number of aromatic nitrogens is 3. The highest BCUT2D eigenvalue weighted by molar-refractivity contribution is 5.94. The molecule has 4 rings (SSSR count). The van der Waals surface area contributed by atoms with Gasteiger partial charge in [-0.2, -0.15) is 0 Å². The first-order valence-electron chi connectivity index (χ1n) is 9.40. The predicted octanol–water partition coefficient (Wildman–Crippen LogP) is 0.586. The van der Waals surface area contributed by atoms with E-state index < -0.39 is 0 Å². The topological polar surface area (TPSA) is 68.7 Å². The second kappa shape index (κ2) is 7.87. The largest absolute Gasteiger partial charge is 0.367 e. The normalized spacial score (nSPS) is 18.6. The van der Waals surface area contributed by atoms with Crippen molar-refractivity contribution in [2.45, 2.75) is 0 Å². The lowest BCUT2D eigenvalue weighted by atomic mass is 10.2. The van der Waals surface area contributed by atoms with E-state index in [9.17, 15) is 4.79 Å². The zero-order valence-corrected chi connectivity index (χ0v) is 15.7. The van der Waals surface area contributed by atoms with Crippen LogP contribution in [0.15, 0.2) is 36.9 Å². The molecule has 8 nitrogen and oxygen atoms in total. The Kier molecular flexibility index (Phi) is 5.15. The van der Waals surface area contributed by atoms with Gasteiger partial charge in [-0.1, -0.05) is 0 Å². The number of amides is 1. The monoisotopic (exact) mass is 367 g/mol. The molecule has 0 bridgehead atoms. The van der Waals surface area contributed by atoms with Gasteiger partial charge in [0.05, 0.1) is 17.4 Å². The number of rotatable bonds is 3. The van der Waals surface area contributed by atoms with Gasteiger partial charge in [0, 0.05) is 70.9 Å². The van der Waals surface area contributed by atoms with E-state index in [1.165, 1.54) is 0 Å². The van der Waals surface area contributed by atoms with Gasteiger partial charge in [-0.3, -0.25) is 9.78 Å². The molecule has 2 fully saturated rings. The predicted molar refractivity (Wildman–Crippen MR) is 104 cm³/mol. The Balaban J connectivity index is 1.40. The van der Waals surface area contributed by atoms with Crippen molar-refractivity contribution in [1.29, 1.82) is 0 Å². The molecule has 2 aliphatic rings. The summed E-state index contributed by atoms with van der Waals surface area (Å²) in [5.41, 5.74) is 1.68. The smallest absolute Gasteiger partial charge is 0.255 e. The minimum absolute atomic E-state index is 0.0776. The Labute approximate surface area is 159 Å². The molecule has 4 heterocycles. The zero-order valence-electron chi connectivity index (χ0n) is 15.7. The summed E-state index contributed by atoms with van der Waals surface area (Å²) in [5.74, 6) is 0.850. The third kappa shape index (κ3) is 4.00. The van der Waals surface area contributed by atoms with Crippen LogP contribution in [-0.4, -0.2) is 90.1 Å². The number of hydrogen-bond donors (Lipinski definition) is 0. The highest BCUT2D eigenvalue weighted by Gasteiger charge is 2.23. The molecule has 1 amide bonds. The van der Waals surface area contributed by atoms with Crippen LogP contribution >= 0.6 is 0 Å². The number of carbonyl (C=O) groups excluding carboxylic acids is 1. The molecular formula is C19H25N7O. The molecule has 0 saturated carbocycles. The first kappa shape index (κ1) is 17.7. The average molecular weight is 367 g/mol. The first-order valence-corrected chi connectivity index (χ1v) is 9.40. The molecule has 142 valence electrons. The van der Waals surface area contributed by atoms with Crippen molar-refractivity contribution < 1.29 is 4.79 Å². The summed E-state index contributed by atoms with van der Waals surface area (Å²) >= 11 is 0. The van der Waals surface area contributed by atoms with E-state index >= 15 is 0 Å². The quantitative estimate of drug-likeness (QED) is 0.786. The van der Waals surface area contributed by atoms with Gasteiger partial charge in [-0.25, -0.2) is 9.97 Å². The van der Waals surface area contributed by atoms with Crippen LogP contribution in [0.1, 0.15) is 10.4 Å². The molecule has 0 aromatic carbocycles. The van der Waals surface area contributed by atoms with Crippen molar-refractivity contribution in [2.75, 3.05) is 69.2 Å². The number of likely N-dealkylation sites (N-methyl/N-ethyl adjacent to an activating group) is 1. The zero-order chi connectivity index (χ0) is 18.6. The van der Waals surface area contributed by atoms with Crippen molar-refractivity contribution in [3.8, 4) is 0 Å². The van der Waals surface area contributed by atoms with Crippen LogP contribution < -0.4 is 9.80 Å². The van der Waals surface area contributed by atoms with Crippen LogP contribution in [0.25, 0.3) is 0 Å². The van der Waals surface area contributed by atoms with E-state index in [1.807, 2.05) is 23.2 Å². The van der Waals surface area contributed by atoms with Crippen molar-refractivity contribution in [3.63, 3.8) is 0 Å². The lowest BCUT2D eigenvalue weighted by molar-refractivity contribution is 0.0663. The van der Waals surface area contributed by atoms with E-state index in [2.05, 4.69) is 36.7 Å². The van der Waals surface area contributed by atoms with Crippen molar-refractivity contribution in [2.24, 2.45) is 0 Å². The van der Waals surface area contributed by atoms with Crippen LogP contribution in [0.3, 0.4) is 0 Å². The molecule has 2 saturated heterocycles. The van der Waals surface area contributed by atoms with E-state index in [0.717, 1.165) is 64.0 Å². The minimum atomic E-state index is 0.0776. The lowest BCUT2D eigenvalue weighted by Gasteiger charge is -2.36.